The summed E-state index contributed by atoms with van der Waals surface area (Å²) in [6.45, 7) is 2.00. The molecule has 4 aliphatic rings. The summed E-state index contributed by atoms with van der Waals surface area (Å²) < 4.78 is 4.94. The second kappa shape index (κ2) is 19.1. The minimum absolute atomic E-state index is 0. The molecule has 0 atom stereocenters. The monoisotopic (exact) mass is 505 g/mol. The van der Waals surface area contributed by atoms with Gasteiger partial charge in [-0.2, -0.15) is 0 Å². The normalized spacial score (nSPS) is 22.9. The van der Waals surface area contributed by atoms with Gasteiger partial charge in [0.2, 0.25) is 0 Å². The molecule has 0 aromatic rings. The molecule has 0 aromatic carbocycles. The van der Waals surface area contributed by atoms with E-state index in [9.17, 15) is 0 Å². The molecule has 0 unspecified atom stereocenters. The van der Waals surface area contributed by atoms with E-state index >= 15 is 0 Å². The third kappa shape index (κ3) is 17.2. The molecule has 1 saturated heterocycles. The van der Waals surface area contributed by atoms with Gasteiger partial charge in [0.05, 0.1) is 0 Å². The smallest absolute Gasteiger partial charge is 0.0466 e. The van der Waals surface area contributed by atoms with E-state index in [-0.39, 0.29) is 31.1 Å². The fraction of sp³-hybridized carbons (Fsp3) is 0.211. The Labute approximate surface area is 157 Å². The van der Waals surface area contributed by atoms with Crippen LogP contribution in [0.25, 0.3) is 0 Å². The van der Waals surface area contributed by atoms with Crippen LogP contribution in [0.4, 0.5) is 0 Å². The van der Waals surface area contributed by atoms with Crippen LogP contribution in [0.1, 0.15) is 12.8 Å². The standard InChI is InChI=1S/3C5H5.C4H8O.U/c4*1-2-4-5-3-1;/h3*1-5H;1-4H2;. The second-order valence-electron chi connectivity index (χ2n) is 4.21. The molecule has 15 radical (unpaired) electrons. The average Bonchev–Trinajstić information content (AvgIpc) is 3.40. The minimum atomic E-state index is 0. The van der Waals surface area contributed by atoms with Crippen LogP contribution < -0.4 is 0 Å². The van der Waals surface area contributed by atoms with E-state index in [4.69, 9.17) is 4.74 Å². The molecule has 0 amide bonds. The molecule has 0 spiro atoms. The van der Waals surface area contributed by atoms with E-state index in [0.29, 0.717) is 0 Å². The predicted molar refractivity (Wildman–Crippen MR) is 84.6 cm³/mol. The van der Waals surface area contributed by atoms with E-state index in [2.05, 4.69) is 0 Å². The van der Waals surface area contributed by atoms with Crippen LogP contribution in [0.5, 0.6) is 0 Å². The molecule has 0 N–H and O–H groups in total. The van der Waals surface area contributed by atoms with E-state index in [0.717, 1.165) is 13.2 Å². The van der Waals surface area contributed by atoms with Crippen molar-refractivity contribution in [2.24, 2.45) is 0 Å². The summed E-state index contributed by atoms with van der Waals surface area (Å²) in [5, 5.41) is 0. The Balaban J connectivity index is 0.000000250. The molecule has 4 rings (SSSR count). The zero-order valence-corrected chi connectivity index (χ0v) is 16.6. The van der Waals surface area contributed by atoms with E-state index in [1.54, 1.807) is 0 Å². The van der Waals surface area contributed by atoms with Gasteiger partial charge in [0.1, 0.15) is 0 Å². The Hall–Kier alpha value is 1.01. The summed E-state index contributed by atoms with van der Waals surface area (Å²) >= 11 is 0. The van der Waals surface area contributed by atoms with E-state index < -0.39 is 0 Å². The number of rotatable bonds is 0. The Morgan fingerprint density at radius 1 is 0.381 bits per heavy atom. The summed E-state index contributed by atoms with van der Waals surface area (Å²) in [7, 11) is 0. The Morgan fingerprint density at radius 2 is 0.571 bits per heavy atom. The summed E-state index contributed by atoms with van der Waals surface area (Å²) in [4.78, 5) is 0. The van der Waals surface area contributed by atoms with Crippen molar-refractivity contribution in [3.63, 3.8) is 0 Å². The molecule has 0 bridgehead atoms. The van der Waals surface area contributed by atoms with Crippen molar-refractivity contribution < 1.29 is 35.9 Å². The SMILES string of the molecule is C1CCOC1.[CH]1[CH][CH][CH][CH]1.[CH]1[CH][CH][CH][CH]1.[CH]1[CH][CH][CH][CH]1.[U]. The van der Waals surface area contributed by atoms with Gasteiger partial charge >= 0.3 is 0 Å². The van der Waals surface area contributed by atoms with Crippen LogP contribution in [0.2, 0.25) is 0 Å². The number of ether oxygens (including phenoxy) is 1. The first kappa shape index (κ1) is 22.0. The van der Waals surface area contributed by atoms with Gasteiger partial charge in [-0.05, 0) is 109 Å². The van der Waals surface area contributed by atoms with Crippen molar-refractivity contribution in [2.75, 3.05) is 13.2 Å². The number of hydrogen-bond donors (Lipinski definition) is 0. The van der Waals surface area contributed by atoms with Crippen molar-refractivity contribution in [2.45, 2.75) is 12.8 Å². The van der Waals surface area contributed by atoms with E-state index in [1.807, 2.05) is 96.3 Å². The maximum atomic E-state index is 4.94. The Morgan fingerprint density at radius 3 is 0.667 bits per heavy atom. The molecule has 1 aliphatic heterocycles. The van der Waals surface area contributed by atoms with Crippen molar-refractivity contribution in [3.8, 4) is 0 Å². The molecule has 2 heteroatoms. The van der Waals surface area contributed by atoms with Gasteiger partial charge in [0, 0.05) is 44.3 Å². The largest absolute Gasteiger partial charge is 0.381 e. The van der Waals surface area contributed by atoms with Crippen molar-refractivity contribution >= 4 is 0 Å². The van der Waals surface area contributed by atoms with Crippen LogP contribution in [0.15, 0.2) is 0 Å². The van der Waals surface area contributed by atoms with Gasteiger partial charge in [0.25, 0.3) is 0 Å². The van der Waals surface area contributed by atoms with Gasteiger partial charge in [0.15, 0.2) is 0 Å². The molecule has 109 valence electrons. The third-order valence-electron chi connectivity index (χ3n) is 2.49. The van der Waals surface area contributed by atoms with Gasteiger partial charge in [-0.1, -0.05) is 0 Å². The Kier molecular flexibility index (Phi) is 20.0. The topological polar surface area (TPSA) is 9.23 Å². The molecule has 21 heavy (non-hydrogen) atoms. The molecular formula is C19H23OU. The summed E-state index contributed by atoms with van der Waals surface area (Å²) in [5.74, 6) is 0. The summed E-state index contributed by atoms with van der Waals surface area (Å²) in [6, 6.07) is 0. The zero-order chi connectivity index (χ0) is 14.1. The number of hydrogen-bond acceptors (Lipinski definition) is 1. The van der Waals surface area contributed by atoms with Crippen molar-refractivity contribution in [1.29, 1.82) is 0 Å². The third-order valence-corrected chi connectivity index (χ3v) is 2.49. The average molecular weight is 505 g/mol. The zero-order valence-electron chi connectivity index (χ0n) is 12.4. The molecular weight excluding hydrogens is 482 g/mol. The van der Waals surface area contributed by atoms with Crippen molar-refractivity contribution in [1.82, 2.24) is 0 Å². The predicted octanol–water partition coefficient (Wildman–Crippen LogP) is 3.86. The minimum Gasteiger partial charge on any atom is -0.381 e. The maximum Gasteiger partial charge on any atom is 0.0466 e. The van der Waals surface area contributed by atoms with Crippen LogP contribution in [0, 0.1) is 127 Å². The van der Waals surface area contributed by atoms with Gasteiger partial charge in [-0.25, -0.2) is 0 Å². The van der Waals surface area contributed by atoms with Gasteiger partial charge < -0.3 is 4.74 Å². The fourth-order valence-electron chi connectivity index (χ4n) is 1.47. The maximum absolute atomic E-state index is 4.94. The first-order chi connectivity index (χ1) is 10.0. The fourth-order valence-corrected chi connectivity index (χ4v) is 1.47. The Bertz CT molecular complexity index is 98.0. The summed E-state index contributed by atoms with van der Waals surface area (Å²) in [5.41, 5.74) is 0. The van der Waals surface area contributed by atoms with Crippen LogP contribution in [0.3, 0.4) is 0 Å². The second-order valence-corrected chi connectivity index (χ2v) is 4.21. The van der Waals surface area contributed by atoms with E-state index in [1.165, 1.54) is 12.8 Å². The molecule has 1 heterocycles. The molecule has 4 fully saturated rings. The molecule has 0 aromatic heterocycles. The van der Waals surface area contributed by atoms with Crippen LogP contribution in [-0.4, -0.2) is 13.2 Å². The first-order valence-electron chi connectivity index (χ1n) is 7.08. The van der Waals surface area contributed by atoms with Crippen molar-refractivity contribution in [3.05, 3.63) is 96.3 Å². The first-order valence-corrected chi connectivity index (χ1v) is 7.08. The van der Waals surface area contributed by atoms with Crippen LogP contribution in [-0.2, 0) is 4.74 Å². The van der Waals surface area contributed by atoms with Crippen LogP contribution >= 0.6 is 0 Å². The quantitative estimate of drug-likeness (QED) is 0.486. The molecule has 3 aliphatic carbocycles. The molecule has 3 saturated carbocycles. The molecule has 1 nitrogen and oxygen atoms in total. The van der Waals surface area contributed by atoms with Gasteiger partial charge in [-0.3, -0.25) is 0 Å². The summed E-state index contributed by atoms with van der Waals surface area (Å²) in [6.07, 6.45) is 32.6. The van der Waals surface area contributed by atoms with Gasteiger partial charge in [-0.15, -0.1) is 0 Å².